The van der Waals surface area contributed by atoms with Crippen molar-refractivity contribution in [3.63, 3.8) is 0 Å². The van der Waals surface area contributed by atoms with Crippen LogP contribution in [0.4, 0.5) is 0 Å². The number of hydrogen-bond acceptors (Lipinski definition) is 2. The van der Waals surface area contributed by atoms with E-state index in [0.29, 0.717) is 11.3 Å². The molecule has 0 spiro atoms. The van der Waals surface area contributed by atoms with Gasteiger partial charge >= 0.3 is 0 Å². The predicted octanol–water partition coefficient (Wildman–Crippen LogP) is 3.22. The third-order valence-electron chi connectivity index (χ3n) is 3.82. The van der Waals surface area contributed by atoms with Crippen molar-refractivity contribution in [2.24, 2.45) is 11.3 Å². The number of alkyl halides is 1. The molecule has 1 saturated carbocycles. The number of imidazole rings is 1. The Morgan fingerprint density at radius 3 is 2.94 bits per heavy atom. The zero-order chi connectivity index (χ0) is 12.0. The summed E-state index contributed by atoms with van der Waals surface area (Å²) in [5.74, 6) is 2.11. The van der Waals surface area contributed by atoms with Crippen molar-refractivity contribution in [1.82, 2.24) is 14.5 Å². The zero-order valence-corrected chi connectivity index (χ0v) is 10.9. The maximum absolute atomic E-state index is 5.97. The van der Waals surface area contributed by atoms with Gasteiger partial charge in [-0.3, -0.25) is 0 Å². The molecule has 1 fully saturated rings. The van der Waals surface area contributed by atoms with E-state index in [4.69, 9.17) is 11.6 Å². The van der Waals surface area contributed by atoms with Gasteiger partial charge < -0.3 is 4.57 Å². The van der Waals surface area contributed by atoms with E-state index in [1.165, 1.54) is 6.42 Å². The van der Waals surface area contributed by atoms with E-state index in [1.54, 1.807) is 0 Å². The fraction of sp³-hybridized carbons (Fsp3) is 0.538. The molecule has 1 atom stereocenters. The summed E-state index contributed by atoms with van der Waals surface area (Å²) in [4.78, 5) is 8.95. The van der Waals surface area contributed by atoms with Crippen LogP contribution in [0.15, 0.2) is 18.3 Å². The van der Waals surface area contributed by atoms with Crippen LogP contribution in [0.5, 0.6) is 0 Å². The van der Waals surface area contributed by atoms with Crippen LogP contribution in [-0.4, -0.2) is 14.5 Å². The fourth-order valence-electron chi connectivity index (χ4n) is 2.41. The van der Waals surface area contributed by atoms with Gasteiger partial charge in [0.2, 0.25) is 0 Å². The van der Waals surface area contributed by atoms with E-state index in [-0.39, 0.29) is 0 Å². The van der Waals surface area contributed by atoms with Gasteiger partial charge in [0.05, 0.1) is 5.88 Å². The molecule has 2 aromatic heterocycles. The third kappa shape index (κ3) is 1.82. The van der Waals surface area contributed by atoms with E-state index in [2.05, 4.69) is 28.4 Å². The highest BCUT2D eigenvalue weighted by atomic mass is 35.5. The van der Waals surface area contributed by atoms with Crippen molar-refractivity contribution in [3.8, 4) is 0 Å². The average Bonchev–Trinajstić information content (AvgIpc) is 2.76. The van der Waals surface area contributed by atoms with Crippen molar-refractivity contribution >= 4 is 22.8 Å². The second kappa shape index (κ2) is 3.70. The fourth-order valence-corrected chi connectivity index (χ4v) is 2.61. The SMILES string of the molecule is CC1(C)CC1Cn1c(CCl)nc2cccnc21. The van der Waals surface area contributed by atoms with Gasteiger partial charge in [-0.1, -0.05) is 13.8 Å². The molecule has 0 aromatic carbocycles. The van der Waals surface area contributed by atoms with Gasteiger partial charge in [0.15, 0.2) is 5.65 Å². The summed E-state index contributed by atoms with van der Waals surface area (Å²) in [5, 5.41) is 0. The summed E-state index contributed by atoms with van der Waals surface area (Å²) in [6.45, 7) is 5.61. The van der Waals surface area contributed by atoms with Gasteiger partial charge in [-0.15, -0.1) is 11.6 Å². The molecule has 4 heteroatoms. The van der Waals surface area contributed by atoms with Crippen LogP contribution >= 0.6 is 11.6 Å². The molecule has 2 heterocycles. The van der Waals surface area contributed by atoms with Crippen molar-refractivity contribution in [1.29, 1.82) is 0 Å². The largest absolute Gasteiger partial charge is 0.311 e. The van der Waals surface area contributed by atoms with Crippen molar-refractivity contribution in [2.45, 2.75) is 32.7 Å². The number of pyridine rings is 1. The van der Waals surface area contributed by atoms with Gasteiger partial charge in [-0.2, -0.15) is 0 Å². The number of fused-ring (bicyclic) bond motifs is 1. The number of rotatable bonds is 3. The first kappa shape index (κ1) is 11.0. The molecular weight excluding hydrogens is 234 g/mol. The first-order valence-electron chi connectivity index (χ1n) is 5.98. The molecular formula is C13H16ClN3. The monoisotopic (exact) mass is 249 g/mol. The maximum atomic E-state index is 5.97. The lowest BCUT2D eigenvalue weighted by Crippen LogP contribution is -2.07. The summed E-state index contributed by atoms with van der Waals surface area (Å²) in [6.07, 6.45) is 3.10. The van der Waals surface area contributed by atoms with Crippen LogP contribution in [0.2, 0.25) is 0 Å². The first-order chi connectivity index (χ1) is 8.12. The quantitative estimate of drug-likeness (QED) is 0.782. The molecule has 17 heavy (non-hydrogen) atoms. The van der Waals surface area contributed by atoms with E-state index >= 15 is 0 Å². The molecule has 3 nitrogen and oxygen atoms in total. The van der Waals surface area contributed by atoms with Crippen LogP contribution in [0.25, 0.3) is 11.2 Å². The van der Waals surface area contributed by atoms with Crippen molar-refractivity contribution in [2.75, 3.05) is 0 Å². The molecule has 3 rings (SSSR count). The van der Waals surface area contributed by atoms with Crippen LogP contribution in [0.1, 0.15) is 26.1 Å². The Morgan fingerprint density at radius 2 is 2.29 bits per heavy atom. The highest BCUT2D eigenvalue weighted by Gasteiger charge is 2.45. The Hall–Kier alpha value is -1.09. The minimum absolute atomic E-state index is 0.448. The topological polar surface area (TPSA) is 30.7 Å². The molecule has 1 aliphatic carbocycles. The number of halogens is 1. The lowest BCUT2D eigenvalue weighted by atomic mass is 10.1. The summed E-state index contributed by atoms with van der Waals surface area (Å²) < 4.78 is 2.18. The van der Waals surface area contributed by atoms with Gasteiger partial charge in [-0.25, -0.2) is 9.97 Å². The molecule has 2 aromatic rings. The Balaban J connectivity index is 2.01. The Bertz CT molecular complexity index is 559. The Kier molecular flexibility index (Phi) is 2.40. The highest BCUT2D eigenvalue weighted by molar-refractivity contribution is 6.16. The van der Waals surface area contributed by atoms with Crippen LogP contribution in [0, 0.1) is 11.3 Å². The lowest BCUT2D eigenvalue weighted by Gasteiger charge is -2.08. The van der Waals surface area contributed by atoms with Crippen LogP contribution in [0.3, 0.4) is 0 Å². The van der Waals surface area contributed by atoms with E-state index < -0.39 is 0 Å². The molecule has 0 aliphatic heterocycles. The highest BCUT2D eigenvalue weighted by Crippen LogP contribution is 2.52. The normalized spacial score (nSPS) is 21.9. The van der Waals surface area contributed by atoms with Crippen LogP contribution < -0.4 is 0 Å². The second-order valence-electron chi connectivity index (χ2n) is 5.51. The zero-order valence-electron chi connectivity index (χ0n) is 10.2. The lowest BCUT2D eigenvalue weighted by molar-refractivity contribution is 0.497. The summed E-state index contributed by atoms with van der Waals surface area (Å²) in [5.41, 5.74) is 2.38. The molecule has 0 radical (unpaired) electrons. The molecule has 0 amide bonds. The number of aromatic nitrogens is 3. The molecule has 0 N–H and O–H groups in total. The second-order valence-corrected chi connectivity index (χ2v) is 5.78. The Morgan fingerprint density at radius 1 is 1.53 bits per heavy atom. The summed E-state index contributed by atoms with van der Waals surface area (Å²) >= 11 is 5.97. The minimum atomic E-state index is 0.448. The van der Waals surface area contributed by atoms with Crippen molar-refractivity contribution < 1.29 is 0 Å². The molecule has 0 saturated heterocycles. The minimum Gasteiger partial charge on any atom is -0.311 e. The van der Waals surface area contributed by atoms with Gasteiger partial charge in [0, 0.05) is 12.7 Å². The summed E-state index contributed by atoms with van der Waals surface area (Å²) in [7, 11) is 0. The maximum Gasteiger partial charge on any atom is 0.160 e. The number of nitrogens with zero attached hydrogens (tertiary/aromatic N) is 3. The van der Waals surface area contributed by atoms with Crippen molar-refractivity contribution in [3.05, 3.63) is 24.2 Å². The van der Waals surface area contributed by atoms with Gasteiger partial charge in [-0.05, 0) is 29.9 Å². The van der Waals surface area contributed by atoms with E-state index in [0.717, 1.165) is 29.5 Å². The predicted molar refractivity (Wildman–Crippen MR) is 69.0 cm³/mol. The molecule has 1 aliphatic rings. The van der Waals surface area contributed by atoms with Crippen LogP contribution in [-0.2, 0) is 12.4 Å². The average molecular weight is 250 g/mol. The van der Waals surface area contributed by atoms with E-state index in [9.17, 15) is 0 Å². The van der Waals surface area contributed by atoms with Gasteiger partial charge in [0.1, 0.15) is 11.3 Å². The molecule has 0 bridgehead atoms. The van der Waals surface area contributed by atoms with E-state index in [1.807, 2.05) is 18.3 Å². The summed E-state index contributed by atoms with van der Waals surface area (Å²) in [6, 6.07) is 3.91. The molecule has 90 valence electrons. The number of hydrogen-bond donors (Lipinski definition) is 0. The first-order valence-corrected chi connectivity index (χ1v) is 6.51. The third-order valence-corrected chi connectivity index (χ3v) is 4.06. The Labute approximate surface area is 106 Å². The standard InChI is InChI=1S/C13H16ClN3/c1-13(2)6-9(13)8-17-11(7-14)16-10-4-3-5-15-12(10)17/h3-5,9H,6-8H2,1-2H3. The molecule has 1 unspecified atom stereocenters. The smallest absolute Gasteiger partial charge is 0.160 e. The van der Waals surface area contributed by atoms with Gasteiger partial charge in [0.25, 0.3) is 0 Å².